The summed E-state index contributed by atoms with van der Waals surface area (Å²) in [7, 11) is 0. The Morgan fingerprint density at radius 3 is 2.03 bits per heavy atom. The largest absolute Gasteiger partial charge is 0.465 e. The van der Waals surface area contributed by atoms with Gasteiger partial charge >= 0.3 is 11.9 Å². The highest BCUT2D eigenvalue weighted by molar-refractivity contribution is 5.95. The van der Waals surface area contributed by atoms with E-state index in [4.69, 9.17) is 18.9 Å². The first-order valence-corrected chi connectivity index (χ1v) is 11.7. The van der Waals surface area contributed by atoms with Gasteiger partial charge in [0.2, 0.25) is 6.79 Å². The van der Waals surface area contributed by atoms with Gasteiger partial charge in [0.15, 0.2) is 17.4 Å². The first kappa shape index (κ1) is 27.9. The second-order valence-corrected chi connectivity index (χ2v) is 8.67. The van der Waals surface area contributed by atoms with Crippen LogP contribution in [-0.4, -0.2) is 65.8 Å². The van der Waals surface area contributed by atoms with Crippen molar-refractivity contribution < 1.29 is 38.3 Å². The van der Waals surface area contributed by atoms with Crippen molar-refractivity contribution in [3.05, 3.63) is 33.9 Å². The third-order valence-electron chi connectivity index (χ3n) is 5.69. The number of amides is 1. The van der Waals surface area contributed by atoms with Gasteiger partial charge in [-0.05, 0) is 65.7 Å². The lowest BCUT2D eigenvalue weighted by Gasteiger charge is -2.33. The molecule has 1 aliphatic heterocycles. The Labute approximate surface area is 204 Å². The quantitative estimate of drug-likeness (QED) is 0.186. The molecule has 11 nitrogen and oxygen atoms in total. The normalized spacial score (nSPS) is 14.1. The van der Waals surface area contributed by atoms with Crippen molar-refractivity contribution >= 4 is 17.8 Å². The van der Waals surface area contributed by atoms with Crippen LogP contribution in [0.15, 0.2) is 18.2 Å². The van der Waals surface area contributed by atoms with E-state index in [-0.39, 0.29) is 38.5 Å². The Hall–Kier alpha value is -3.37. The molecule has 0 unspecified atom stereocenters. The SMILES string of the molecule is CCOC(=O)C(C[C@@H](c1ccc2c(c1)OCO2)[C@@H](C(=O)N(C(C)C)C(C)C)[N+](=O)[O-])C(=O)OCC. The summed E-state index contributed by atoms with van der Waals surface area (Å²) >= 11 is 0. The van der Waals surface area contributed by atoms with Gasteiger partial charge in [-0.2, -0.15) is 0 Å². The maximum atomic E-state index is 13.6. The molecule has 0 bridgehead atoms. The summed E-state index contributed by atoms with van der Waals surface area (Å²) in [5.74, 6) is -4.25. The predicted octanol–water partition coefficient (Wildman–Crippen LogP) is 2.92. The van der Waals surface area contributed by atoms with Crippen molar-refractivity contribution in [1.29, 1.82) is 0 Å². The molecular formula is C24H34N2O9. The molecule has 0 radical (unpaired) electrons. The maximum Gasteiger partial charge on any atom is 0.320 e. The molecule has 35 heavy (non-hydrogen) atoms. The van der Waals surface area contributed by atoms with Gasteiger partial charge in [0.05, 0.1) is 19.1 Å². The zero-order valence-electron chi connectivity index (χ0n) is 21.0. The second kappa shape index (κ2) is 12.4. The lowest BCUT2D eigenvalue weighted by Crippen LogP contribution is -2.52. The number of benzene rings is 1. The molecular weight excluding hydrogens is 460 g/mol. The van der Waals surface area contributed by atoms with Crippen LogP contribution in [0.5, 0.6) is 11.5 Å². The molecule has 1 aromatic carbocycles. The first-order valence-electron chi connectivity index (χ1n) is 11.7. The van der Waals surface area contributed by atoms with Crippen molar-refractivity contribution in [1.82, 2.24) is 4.90 Å². The monoisotopic (exact) mass is 494 g/mol. The number of carbonyl (C=O) groups is 3. The Bertz CT molecular complexity index is 906. The number of hydrogen-bond donors (Lipinski definition) is 0. The average molecular weight is 495 g/mol. The molecule has 194 valence electrons. The Morgan fingerprint density at radius 1 is 1.00 bits per heavy atom. The summed E-state index contributed by atoms with van der Waals surface area (Å²) in [5, 5.41) is 12.4. The number of nitro groups is 1. The second-order valence-electron chi connectivity index (χ2n) is 8.67. The van der Waals surface area contributed by atoms with Crippen LogP contribution >= 0.6 is 0 Å². The molecule has 0 aliphatic carbocycles. The van der Waals surface area contributed by atoms with E-state index in [9.17, 15) is 24.5 Å². The van der Waals surface area contributed by atoms with Crippen molar-refractivity contribution in [2.75, 3.05) is 20.0 Å². The van der Waals surface area contributed by atoms with E-state index in [1.165, 1.54) is 4.90 Å². The molecule has 1 aromatic rings. The zero-order valence-corrected chi connectivity index (χ0v) is 21.0. The van der Waals surface area contributed by atoms with Gasteiger partial charge in [-0.25, -0.2) is 0 Å². The zero-order chi connectivity index (χ0) is 26.3. The number of esters is 2. The van der Waals surface area contributed by atoms with Crippen LogP contribution in [0, 0.1) is 16.0 Å². The fourth-order valence-electron chi connectivity index (χ4n) is 4.29. The molecule has 2 rings (SSSR count). The van der Waals surface area contributed by atoms with Gasteiger partial charge in [-0.3, -0.25) is 24.5 Å². The van der Waals surface area contributed by atoms with Gasteiger partial charge in [0.25, 0.3) is 11.9 Å². The highest BCUT2D eigenvalue weighted by atomic mass is 16.7. The Balaban J connectivity index is 2.62. The third-order valence-corrected chi connectivity index (χ3v) is 5.69. The highest BCUT2D eigenvalue weighted by Gasteiger charge is 2.47. The summed E-state index contributed by atoms with van der Waals surface area (Å²) in [6, 6.07) is 2.30. The predicted molar refractivity (Wildman–Crippen MR) is 125 cm³/mol. The van der Waals surface area contributed by atoms with E-state index in [1.807, 2.05) is 0 Å². The Morgan fingerprint density at radius 2 is 1.54 bits per heavy atom. The number of rotatable bonds is 12. The summed E-state index contributed by atoms with van der Waals surface area (Å²) in [6.07, 6.45) is -0.362. The van der Waals surface area contributed by atoms with E-state index in [1.54, 1.807) is 59.7 Å². The standard InChI is InChI=1S/C24H34N2O9/c1-7-32-23(28)18(24(29)33-8-2)12-17(16-9-10-19-20(11-16)35-13-34-19)21(26(30)31)22(27)25(14(3)4)15(5)6/h9-11,14-15,17-18,21H,7-8,12-13H2,1-6H3/t17-,21-/m0/s1. The smallest absolute Gasteiger partial charge is 0.320 e. The number of nitrogens with zero attached hydrogens (tertiary/aromatic N) is 2. The molecule has 11 heteroatoms. The van der Waals surface area contributed by atoms with Crippen LogP contribution < -0.4 is 9.47 Å². The molecule has 1 heterocycles. The lowest BCUT2D eigenvalue weighted by molar-refractivity contribution is -0.513. The first-order chi connectivity index (χ1) is 16.5. The van der Waals surface area contributed by atoms with Crippen LogP contribution in [0.3, 0.4) is 0 Å². The molecule has 1 aliphatic rings. The van der Waals surface area contributed by atoms with Crippen LogP contribution in [0.4, 0.5) is 0 Å². The minimum atomic E-state index is -1.77. The minimum absolute atomic E-state index is 0.00943. The number of ether oxygens (including phenoxy) is 4. The third kappa shape index (κ3) is 6.61. The van der Waals surface area contributed by atoms with E-state index in [2.05, 4.69) is 0 Å². The number of carbonyl (C=O) groups excluding carboxylic acids is 3. The van der Waals surface area contributed by atoms with E-state index < -0.39 is 40.6 Å². The fraction of sp³-hybridized carbons (Fsp3) is 0.625. The van der Waals surface area contributed by atoms with Crippen molar-refractivity contribution in [3.8, 4) is 11.5 Å². The minimum Gasteiger partial charge on any atom is -0.465 e. The lowest BCUT2D eigenvalue weighted by atomic mass is 9.82. The molecule has 0 saturated heterocycles. The summed E-state index contributed by atoms with van der Waals surface area (Å²) in [6.45, 7) is 10.3. The molecule has 0 aromatic heterocycles. The summed E-state index contributed by atoms with van der Waals surface area (Å²) in [4.78, 5) is 52.1. The topological polar surface area (TPSA) is 135 Å². The van der Waals surface area contributed by atoms with Crippen molar-refractivity contribution in [2.45, 2.75) is 72.0 Å². The Kier molecular flexibility index (Phi) is 9.85. The fourth-order valence-corrected chi connectivity index (χ4v) is 4.29. The number of hydrogen-bond acceptors (Lipinski definition) is 9. The molecule has 0 fully saturated rings. The average Bonchev–Trinajstić information content (AvgIpc) is 3.23. The molecule has 0 saturated carbocycles. The van der Waals surface area contributed by atoms with E-state index >= 15 is 0 Å². The van der Waals surface area contributed by atoms with Crippen LogP contribution in [0.1, 0.15) is 59.4 Å². The van der Waals surface area contributed by atoms with Crippen LogP contribution in [0.2, 0.25) is 0 Å². The maximum absolute atomic E-state index is 13.6. The molecule has 0 N–H and O–H groups in total. The summed E-state index contributed by atoms with van der Waals surface area (Å²) < 4.78 is 20.9. The van der Waals surface area contributed by atoms with Gasteiger partial charge in [0.1, 0.15) is 0 Å². The van der Waals surface area contributed by atoms with Gasteiger partial charge < -0.3 is 23.8 Å². The van der Waals surface area contributed by atoms with E-state index in [0.717, 1.165) is 0 Å². The number of fused-ring (bicyclic) bond motifs is 1. The van der Waals surface area contributed by atoms with E-state index in [0.29, 0.717) is 17.1 Å². The van der Waals surface area contributed by atoms with Gasteiger partial charge in [0, 0.05) is 17.0 Å². The summed E-state index contributed by atoms with van der Waals surface area (Å²) in [5.41, 5.74) is 0.357. The van der Waals surface area contributed by atoms with Gasteiger partial charge in [-0.15, -0.1) is 0 Å². The highest BCUT2D eigenvalue weighted by Crippen LogP contribution is 2.39. The van der Waals surface area contributed by atoms with Crippen LogP contribution in [-0.2, 0) is 23.9 Å². The van der Waals surface area contributed by atoms with Gasteiger partial charge in [-0.1, -0.05) is 6.07 Å². The molecule has 1 amide bonds. The van der Waals surface area contributed by atoms with Crippen molar-refractivity contribution in [2.24, 2.45) is 5.92 Å². The van der Waals surface area contributed by atoms with Crippen molar-refractivity contribution in [3.63, 3.8) is 0 Å². The van der Waals surface area contributed by atoms with Crippen LogP contribution in [0.25, 0.3) is 0 Å². The molecule has 2 atom stereocenters. The molecule has 0 spiro atoms.